The fraction of sp³-hybridized carbons (Fsp3) is 0.333. The highest BCUT2D eigenvalue weighted by Gasteiger charge is 2.11. The van der Waals surface area contributed by atoms with Crippen LogP contribution in [0.5, 0.6) is 5.75 Å². The predicted octanol–water partition coefficient (Wildman–Crippen LogP) is 4.54. The first kappa shape index (κ1) is 25.7. The van der Waals surface area contributed by atoms with E-state index in [1.807, 2.05) is 81.4 Å². The molecule has 7 nitrogen and oxygen atoms in total. The van der Waals surface area contributed by atoms with E-state index in [0.29, 0.717) is 31.4 Å². The monoisotopic (exact) mass is 550 g/mol. The number of guanidine groups is 1. The van der Waals surface area contributed by atoms with Crippen molar-refractivity contribution in [2.45, 2.75) is 39.5 Å². The van der Waals surface area contributed by atoms with E-state index >= 15 is 0 Å². The van der Waals surface area contributed by atoms with Crippen LogP contribution in [0.25, 0.3) is 11.3 Å². The Labute approximate surface area is 206 Å². The van der Waals surface area contributed by atoms with Gasteiger partial charge in [-0.25, -0.2) is 4.99 Å². The van der Waals surface area contributed by atoms with Crippen LogP contribution in [0.1, 0.15) is 38.1 Å². The molecule has 172 valence electrons. The second-order valence-electron chi connectivity index (χ2n) is 7.38. The van der Waals surface area contributed by atoms with Gasteiger partial charge in [0.05, 0.1) is 18.8 Å². The van der Waals surface area contributed by atoms with E-state index in [9.17, 15) is 5.11 Å². The van der Waals surface area contributed by atoms with Crippen molar-refractivity contribution in [3.05, 3.63) is 71.9 Å². The molecule has 1 unspecified atom stereocenters. The number of aliphatic imine (C=N–C) groups is 1. The van der Waals surface area contributed by atoms with Crippen LogP contribution in [0.2, 0.25) is 0 Å². The van der Waals surface area contributed by atoms with E-state index in [4.69, 9.17) is 9.26 Å². The Hall–Kier alpha value is -2.59. The predicted molar refractivity (Wildman–Crippen MR) is 137 cm³/mol. The number of hydrogen-bond acceptors (Lipinski definition) is 5. The highest BCUT2D eigenvalue weighted by Crippen LogP contribution is 2.21. The molecule has 3 rings (SSSR count). The molecule has 32 heavy (non-hydrogen) atoms. The molecule has 1 aromatic heterocycles. The van der Waals surface area contributed by atoms with E-state index in [-0.39, 0.29) is 30.1 Å². The van der Waals surface area contributed by atoms with Gasteiger partial charge in [-0.1, -0.05) is 47.6 Å². The molecule has 1 heterocycles. The van der Waals surface area contributed by atoms with Gasteiger partial charge in [-0.15, -0.1) is 24.0 Å². The lowest BCUT2D eigenvalue weighted by Crippen LogP contribution is -2.39. The van der Waals surface area contributed by atoms with Crippen molar-refractivity contribution >= 4 is 29.9 Å². The number of rotatable bonds is 9. The van der Waals surface area contributed by atoms with Crippen LogP contribution in [0.15, 0.2) is 70.2 Å². The van der Waals surface area contributed by atoms with Crippen molar-refractivity contribution in [2.75, 3.05) is 13.1 Å². The summed E-state index contributed by atoms with van der Waals surface area (Å²) in [5.41, 5.74) is 2.49. The smallest absolute Gasteiger partial charge is 0.191 e. The summed E-state index contributed by atoms with van der Waals surface area (Å²) >= 11 is 0. The number of aromatic nitrogens is 1. The van der Waals surface area contributed by atoms with E-state index in [0.717, 1.165) is 22.6 Å². The Morgan fingerprint density at radius 3 is 2.59 bits per heavy atom. The molecule has 3 N–H and O–H groups in total. The molecule has 0 amide bonds. The van der Waals surface area contributed by atoms with Gasteiger partial charge in [0.25, 0.3) is 0 Å². The number of nitrogens with zero attached hydrogens (tertiary/aromatic N) is 2. The lowest BCUT2D eigenvalue weighted by molar-refractivity contribution is 0.179. The Morgan fingerprint density at radius 1 is 1.09 bits per heavy atom. The van der Waals surface area contributed by atoms with Crippen molar-refractivity contribution in [3.63, 3.8) is 0 Å². The van der Waals surface area contributed by atoms with Crippen LogP contribution in [-0.4, -0.2) is 35.4 Å². The summed E-state index contributed by atoms with van der Waals surface area (Å²) in [4.78, 5) is 4.55. The molecule has 0 bridgehead atoms. The number of halogens is 1. The molecule has 8 heteroatoms. The minimum absolute atomic E-state index is 0. The Morgan fingerprint density at radius 2 is 1.88 bits per heavy atom. The minimum atomic E-state index is -0.698. The molecular formula is C24H31IN4O3. The van der Waals surface area contributed by atoms with E-state index in [1.165, 1.54) is 0 Å². The maximum atomic E-state index is 10.6. The van der Waals surface area contributed by atoms with Crippen molar-refractivity contribution in [3.8, 4) is 17.1 Å². The Bertz CT molecular complexity index is 976. The molecule has 3 aromatic rings. The fourth-order valence-electron chi connectivity index (χ4n) is 3.01. The van der Waals surface area contributed by atoms with Crippen LogP contribution in [0.3, 0.4) is 0 Å². The lowest BCUT2D eigenvalue weighted by Gasteiger charge is -2.17. The first-order chi connectivity index (χ1) is 15.0. The topological polar surface area (TPSA) is 91.9 Å². The summed E-state index contributed by atoms with van der Waals surface area (Å²) in [5.74, 6) is 2.05. The fourth-order valence-corrected chi connectivity index (χ4v) is 3.01. The third-order valence-electron chi connectivity index (χ3n) is 4.44. The average molecular weight is 550 g/mol. The number of ether oxygens (including phenoxy) is 1. The van der Waals surface area contributed by atoms with Crippen LogP contribution < -0.4 is 15.4 Å². The Balaban J connectivity index is 0.00000363. The van der Waals surface area contributed by atoms with Gasteiger partial charge in [-0.05, 0) is 38.5 Å². The summed E-state index contributed by atoms with van der Waals surface area (Å²) in [7, 11) is 0. The quantitative estimate of drug-likeness (QED) is 0.206. The third kappa shape index (κ3) is 7.83. The van der Waals surface area contributed by atoms with Crippen LogP contribution in [0.4, 0.5) is 0 Å². The second kappa shape index (κ2) is 13.1. The maximum absolute atomic E-state index is 10.6. The molecule has 1 atom stereocenters. The molecule has 0 saturated carbocycles. The molecule has 0 radical (unpaired) electrons. The van der Waals surface area contributed by atoms with Crippen molar-refractivity contribution in [1.29, 1.82) is 0 Å². The van der Waals surface area contributed by atoms with E-state index in [2.05, 4.69) is 20.8 Å². The van der Waals surface area contributed by atoms with Gasteiger partial charge in [0.1, 0.15) is 11.4 Å². The molecule has 0 aliphatic heterocycles. The van der Waals surface area contributed by atoms with E-state index in [1.54, 1.807) is 0 Å². The minimum Gasteiger partial charge on any atom is -0.491 e. The largest absolute Gasteiger partial charge is 0.491 e. The zero-order chi connectivity index (χ0) is 22.1. The van der Waals surface area contributed by atoms with Crippen molar-refractivity contribution < 1.29 is 14.4 Å². The van der Waals surface area contributed by atoms with Crippen LogP contribution in [0, 0.1) is 0 Å². The molecular weight excluding hydrogens is 519 g/mol. The molecule has 0 aliphatic carbocycles. The summed E-state index contributed by atoms with van der Waals surface area (Å²) in [6, 6.07) is 19.2. The van der Waals surface area contributed by atoms with Crippen molar-refractivity contribution in [2.24, 2.45) is 4.99 Å². The van der Waals surface area contributed by atoms with Gasteiger partial charge >= 0.3 is 0 Å². The second-order valence-corrected chi connectivity index (χ2v) is 7.38. The highest BCUT2D eigenvalue weighted by molar-refractivity contribution is 14.0. The first-order valence-electron chi connectivity index (χ1n) is 10.5. The molecule has 0 spiro atoms. The number of benzene rings is 2. The van der Waals surface area contributed by atoms with E-state index < -0.39 is 6.10 Å². The number of aliphatic hydroxyl groups is 1. The summed E-state index contributed by atoms with van der Waals surface area (Å²) in [5, 5.41) is 21.0. The number of hydrogen-bond donors (Lipinski definition) is 3. The molecule has 0 fully saturated rings. The Kier molecular flexibility index (Phi) is 10.5. The summed E-state index contributed by atoms with van der Waals surface area (Å²) in [6.45, 7) is 7.31. The van der Waals surface area contributed by atoms with Gasteiger partial charge in [0.2, 0.25) is 0 Å². The highest BCUT2D eigenvalue weighted by atomic mass is 127. The van der Waals surface area contributed by atoms with Crippen LogP contribution >= 0.6 is 24.0 Å². The lowest BCUT2D eigenvalue weighted by atomic mass is 10.1. The molecule has 2 aromatic carbocycles. The van der Waals surface area contributed by atoms with Gasteiger partial charge in [-0.2, -0.15) is 0 Å². The number of aliphatic hydroxyl groups excluding tert-OH is 1. The normalized spacial score (nSPS) is 12.2. The maximum Gasteiger partial charge on any atom is 0.191 e. The summed E-state index contributed by atoms with van der Waals surface area (Å²) < 4.78 is 11.1. The van der Waals surface area contributed by atoms with Crippen LogP contribution in [-0.2, 0) is 6.54 Å². The first-order valence-corrected chi connectivity index (χ1v) is 10.5. The molecule has 0 aliphatic rings. The van der Waals surface area contributed by atoms with Crippen molar-refractivity contribution in [1.82, 2.24) is 15.8 Å². The van der Waals surface area contributed by atoms with Gasteiger partial charge in [0.15, 0.2) is 11.7 Å². The zero-order valence-corrected chi connectivity index (χ0v) is 20.9. The van der Waals surface area contributed by atoms with Gasteiger partial charge in [-0.3, -0.25) is 0 Å². The van der Waals surface area contributed by atoms with Gasteiger partial charge in [0, 0.05) is 24.7 Å². The SMILES string of the molecule is CCNC(=NCc1cc(-c2ccccc2)on1)NCC(O)c1cccc(OC(C)C)c1.I. The third-order valence-corrected chi connectivity index (χ3v) is 4.44. The summed E-state index contributed by atoms with van der Waals surface area (Å²) in [6.07, 6.45) is -0.617. The molecule has 0 saturated heterocycles. The average Bonchev–Trinajstić information content (AvgIpc) is 3.25. The van der Waals surface area contributed by atoms with Gasteiger partial charge < -0.3 is 25.0 Å². The number of nitrogens with one attached hydrogen (secondary N) is 2. The zero-order valence-electron chi connectivity index (χ0n) is 18.6. The standard InChI is InChI=1S/C24H30N4O3.HI/c1-4-25-24(26-15-20-14-23(31-28-20)18-9-6-5-7-10-18)27-16-22(29)19-11-8-12-21(13-19)30-17(2)3;/h5-14,17,22,29H,4,15-16H2,1-3H3,(H2,25,26,27);1H.